The van der Waals surface area contributed by atoms with Crippen molar-refractivity contribution >= 4 is 29.2 Å². The van der Waals surface area contributed by atoms with Gasteiger partial charge in [0.25, 0.3) is 5.91 Å². The second kappa shape index (κ2) is 10.3. The number of rotatable bonds is 6. The Morgan fingerprint density at radius 2 is 1.93 bits per heavy atom. The minimum atomic E-state index is -0.307. The summed E-state index contributed by atoms with van der Waals surface area (Å²) in [7, 11) is 0. The zero-order chi connectivity index (χ0) is 21.5. The number of amides is 3. The fourth-order valence-electron chi connectivity index (χ4n) is 3.51. The summed E-state index contributed by atoms with van der Waals surface area (Å²) in [4.78, 5) is 26.3. The molecule has 3 rings (SSSR count). The maximum absolute atomic E-state index is 14.2. The van der Waals surface area contributed by atoms with E-state index in [1.807, 2.05) is 17.9 Å². The zero-order valence-electron chi connectivity index (χ0n) is 16.9. The molecule has 1 unspecified atom stereocenters. The smallest absolute Gasteiger partial charge is 0.315 e. The topological polar surface area (TPSA) is 73.5 Å². The van der Waals surface area contributed by atoms with Crippen LogP contribution in [0.25, 0.3) is 0 Å². The van der Waals surface area contributed by atoms with Gasteiger partial charge in [0.15, 0.2) is 0 Å². The lowest BCUT2D eigenvalue weighted by Gasteiger charge is -2.35. The predicted octanol–water partition coefficient (Wildman–Crippen LogP) is 3.49. The van der Waals surface area contributed by atoms with Crippen LogP contribution in [-0.2, 0) is 0 Å². The zero-order valence-corrected chi connectivity index (χ0v) is 17.6. The highest BCUT2D eigenvalue weighted by Gasteiger charge is 2.23. The molecule has 2 aromatic rings. The molecule has 1 saturated heterocycles. The van der Waals surface area contributed by atoms with E-state index >= 15 is 0 Å². The molecule has 1 heterocycles. The van der Waals surface area contributed by atoms with Crippen LogP contribution >= 0.6 is 11.6 Å². The van der Waals surface area contributed by atoms with E-state index in [0.717, 1.165) is 24.9 Å². The molecular weight excluding hydrogens is 407 g/mol. The van der Waals surface area contributed by atoms with E-state index in [1.165, 1.54) is 6.07 Å². The van der Waals surface area contributed by atoms with E-state index < -0.39 is 0 Å². The van der Waals surface area contributed by atoms with Gasteiger partial charge >= 0.3 is 6.03 Å². The molecule has 0 aromatic heterocycles. The van der Waals surface area contributed by atoms with Crippen molar-refractivity contribution in [3.8, 4) is 0 Å². The summed E-state index contributed by atoms with van der Waals surface area (Å²) >= 11 is 6.00. The van der Waals surface area contributed by atoms with Crippen LogP contribution in [0.15, 0.2) is 42.5 Å². The maximum Gasteiger partial charge on any atom is 0.315 e. The third-order valence-corrected chi connectivity index (χ3v) is 5.34. The largest absolute Gasteiger partial charge is 0.367 e. The molecule has 3 amide bonds. The number of hydrogen-bond donors (Lipinski definition) is 3. The fraction of sp³-hybridized carbons (Fsp3) is 0.364. The van der Waals surface area contributed by atoms with Gasteiger partial charge in [-0.2, -0.15) is 0 Å². The minimum Gasteiger partial charge on any atom is -0.367 e. The highest BCUT2D eigenvalue weighted by atomic mass is 35.5. The van der Waals surface area contributed by atoms with Gasteiger partial charge in [-0.15, -0.1) is 0 Å². The SMILES string of the molecule is Cc1ccc(F)c(N2CCCC(NC(=O)NCCNC(=O)c3ccccc3Cl)C2)c1. The lowest BCUT2D eigenvalue weighted by Crippen LogP contribution is -2.51. The average molecular weight is 433 g/mol. The molecule has 0 radical (unpaired) electrons. The van der Waals surface area contributed by atoms with Crippen molar-refractivity contribution in [2.45, 2.75) is 25.8 Å². The van der Waals surface area contributed by atoms with E-state index in [0.29, 0.717) is 22.8 Å². The van der Waals surface area contributed by atoms with E-state index in [2.05, 4.69) is 16.0 Å². The van der Waals surface area contributed by atoms with Crippen molar-refractivity contribution in [3.05, 3.63) is 64.4 Å². The lowest BCUT2D eigenvalue weighted by molar-refractivity contribution is 0.0954. The van der Waals surface area contributed by atoms with Crippen molar-refractivity contribution in [1.82, 2.24) is 16.0 Å². The second-order valence-corrected chi connectivity index (χ2v) is 7.78. The Kier molecular flexibility index (Phi) is 7.52. The quantitative estimate of drug-likeness (QED) is 0.612. The van der Waals surface area contributed by atoms with E-state index in [9.17, 15) is 14.0 Å². The summed E-state index contributed by atoms with van der Waals surface area (Å²) in [5.41, 5.74) is 1.97. The van der Waals surface area contributed by atoms with E-state index in [-0.39, 0.29) is 36.9 Å². The van der Waals surface area contributed by atoms with Gasteiger partial charge in [0.05, 0.1) is 16.3 Å². The number of urea groups is 1. The predicted molar refractivity (Wildman–Crippen MR) is 117 cm³/mol. The highest BCUT2D eigenvalue weighted by Crippen LogP contribution is 2.24. The summed E-state index contributed by atoms with van der Waals surface area (Å²) in [6.45, 7) is 3.81. The van der Waals surface area contributed by atoms with Crippen molar-refractivity contribution in [2.24, 2.45) is 0 Å². The van der Waals surface area contributed by atoms with Gasteiger partial charge in [-0.1, -0.05) is 29.8 Å². The summed E-state index contributed by atoms with van der Waals surface area (Å²) < 4.78 is 14.2. The second-order valence-electron chi connectivity index (χ2n) is 7.38. The van der Waals surface area contributed by atoms with Crippen LogP contribution in [0.2, 0.25) is 5.02 Å². The molecule has 1 atom stereocenters. The first-order valence-electron chi connectivity index (χ1n) is 10.0. The molecule has 2 aromatic carbocycles. The van der Waals surface area contributed by atoms with Crippen LogP contribution in [-0.4, -0.2) is 44.2 Å². The van der Waals surface area contributed by atoms with Gasteiger partial charge in [0.2, 0.25) is 0 Å². The lowest BCUT2D eigenvalue weighted by atomic mass is 10.0. The van der Waals surface area contributed by atoms with Crippen LogP contribution in [0.4, 0.5) is 14.9 Å². The number of nitrogens with zero attached hydrogens (tertiary/aromatic N) is 1. The van der Waals surface area contributed by atoms with Gasteiger partial charge < -0.3 is 20.9 Å². The van der Waals surface area contributed by atoms with Crippen molar-refractivity contribution in [3.63, 3.8) is 0 Å². The van der Waals surface area contributed by atoms with Crippen LogP contribution in [0.5, 0.6) is 0 Å². The molecule has 30 heavy (non-hydrogen) atoms. The van der Waals surface area contributed by atoms with Crippen LogP contribution in [0.3, 0.4) is 0 Å². The number of aryl methyl sites for hydroxylation is 1. The van der Waals surface area contributed by atoms with Gasteiger partial charge in [-0.25, -0.2) is 9.18 Å². The van der Waals surface area contributed by atoms with Crippen LogP contribution in [0.1, 0.15) is 28.8 Å². The molecule has 6 nitrogen and oxygen atoms in total. The average Bonchev–Trinajstić information content (AvgIpc) is 2.73. The Labute approximate surface area is 180 Å². The number of hydrogen-bond acceptors (Lipinski definition) is 3. The normalized spacial score (nSPS) is 16.1. The van der Waals surface area contributed by atoms with Gasteiger partial charge in [-0.3, -0.25) is 4.79 Å². The Bertz CT molecular complexity index is 908. The number of benzene rings is 2. The van der Waals surface area contributed by atoms with Crippen molar-refractivity contribution in [2.75, 3.05) is 31.1 Å². The maximum atomic E-state index is 14.2. The molecule has 8 heteroatoms. The minimum absolute atomic E-state index is 0.0728. The number of anilines is 1. The van der Waals surface area contributed by atoms with E-state index in [1.54, 1.807) is 30.3 Å². The number of carbonyl (C=O) groups excluding carboxylic acids is 2. The fourth-order valence-corrected chi connectivity index (χ4v) is 3.73. The number of halogens is 2. The summed E-state index contributed by atoms with van der Waals surface area (Å²) in [6.07, 6.45) is 1.70. The van der Waals surface area contributed by atoms with Gasteiger partial charge in [-0.05, 0) is 49.6 Å². The molecule has 1 fully saturated rings. The van der Waals surface area contributed by atoms with Crippen LogP contribution in [0, 0.1) is 12.7 Å². The molecule has 160 valence electrons. The standard InChI is InChI=1S/C22H26ClFN4O2/c1-15-8-9-19(24)20(13-15)28-12-4-5-16(14-28)27-22(30)26-11-10-25-21(29)17-6-2-3-7-18(17)23/h2-3,6-9,13,16H,4-5,10-12,14H2,1H3,(H,25,29)(H2,26,27,30). The summed E-state index contributed by atoms with van der Waals surface area (Å²) in [6, 6.07) is 11.5. The first-order chi connectivity index (χ1) is 14.4. The number of nitrogens with one attached hydrogen (secondary N) is 3. The third kappa shape index (κ3) is 5.86. The monoisotopic (exact) mass is 432 g/mol. The molecule has 0 bridgehead atoms. The first kappa shape index (κ1) is 21.9. The summed E-state index contributed by atoms with van der Waals surface area (Å²) in [5, 5.41) is 8.77. The molecule has 1 aliphatic heterocycles. The van der Waals surface area contributed by atoms with E-state index in [4.69, 9.17) is 11.6 Å². The molecule has 0 saturated carbocycles. The Morgan fingerprint density at radius 1 is 1.17 bits per heavy atom. The summed E-state index contributed by atoms with van der Waals surface area (Å²) in [5.74, 6) is -0.536. The van der Waals surface area contributed by atoms with Gasteiger partial charge in [0, 0.05) is 32.2 Å². The number of piperidine rings is 1. The Balaban J connectivity index is 1.42. The Morgan fingerprint density at radius 3 is 2.73 bits per heavy atom. The first-order valence-corrected chi connectivity index (χ1v) is 10.4. The Hall–Kier alpha value is -2.80. The molecular formula is C22H26ClFN4O2. The number of carbonyl (C=O) groups is 2. The van der Waals surface area contributed by atoms with Gasteiger partial charge in [0.1, 0.15) is 5.82 Å². The van der Waals surface area contributed by atoms with Crippen molar-refractivity contribution in [1.29, 1.82) is 0 Å². The highest BCUT2D eigenvalue weighted by molar-refractivity contribution is 6.33. The molecule has 3 N–H and O–H groups in total. The van der Waals surface area contributed by atoms with Crippen LogP contribution < -0.4 is 20.9 Å². The van der Waals surface area contributed by atoms with Crippen molar-refractivity contribution < 1.29 is 14.0 Å². The molecule has 1 aliphatic rings. The molecule has 0 aliphatic carbocycles. The molecule has 0 spiro atoms. The third-order valence-electron chi connectivity index (χ3n) is 5.01.